The van der Waals surface area contributed by atoms with E-state index >= 15 is 0 Å². The fourth-order valence-corrected chi connectivity index (χ4v) is 3.59. The number of carbonyl (C=O) groups excluding carboxylic acids is 1. The lowest BCUT2D eigenvalue weighted by Gasteiger charge is -2.15. The monoisotopic (exact) mass is 421 g/mol. The summed E-state index contributed by atoms with van der Waals surface area (Å²) in [5, 5.41) is 1.18. The van der Waals surface area contributed by atoms with E-state index in [2.05, 4.69) is 15.9 Å². The average molecular weight is 422 g/mol. The maximum absolute atomic E-state index is 12.7. The highest BCUT2D eigenvalue weighted by molar-refractivity contribution is 9.10. The quantitative estimate of drug-likeness (QED) is 0.355. The fraction of sp³-hybridized carbons (Fsp3) is 0.0909. The number of aromatic nitrogens is 1. The predicted octanol–water partition coefficient (Wildman–Crippen LogP) is 4.66. The van der Waals surface area contributed by atoms with Gasteiger partial charge >= 0.3 is 5.97 Å². The number of hydrogen-bond donors (Lipinski definition) is 0. The zero-order valence-electron chi connectivity index (χ0n) is 14.4. The number of rotatable bonds is 4. The molecule has 0 bridgehead atoms. The van der Waals surface area contributed by atoms with E-state index in [0.29, 0.717) is 10.8 Å². The second-order valence-electron chi connectivity index (χ2n) is 6.20. The molecule has 0 saturated carbocycles. The van der Waals surface area contributed by atoms with Crippen LogP contribution in [0.3, 0.4) is 0 Å². The van der Waals surface area contributed by atoms with Crippen LogP contribution in [0.15, 0.2) is 82.1 Å². The average Bonchev–Trinajstić information content (AvgIpc) is 2.70. The summed E-state index contributed by atoms with van der Waals surface area (Å²) in [4.78, 5) is 25.3. The summed E-state index contributed by atoms with van der Waals surface area (Å²) in [5.74, 6) is -0.357. The van der Waals surface area contributed by atoms with E-state index in [-0.39, 0.29) is 24.5 Å². The van der Waals surface area contributed by atoms with Gasteiger partial charge in [-0.2, -0.15) is 0 Å². The molecule has 4 rings (SSSR count). The fourth-order valence-electron chi connectivity index (χ4n) is 3.20. The Hall–Kier alpha value is -2.92. The van der Waals surface area contributed by atoms with Crippen molar-refractivity contribution in [3.8, 4) is 0 Å². The maximum Gasteiger partial charge on any atom is 0.326 e. The van der Waals surface area contributed by atoms with Crippen molar-refractivity contribution in [1.82, 2.24) is 4.57 Å². The first-order valence-corrected chi connectivity index (χ1v) is 9.34. The summed E-state index contributed by atoms with van der Waals surface area (Å²) in [6.45, 7) is 0.224. The number of pyridine rings is 1. The summed E-state index contributed by atoms with van der Waals surface area (Å²) in [5.41, 5.74) is 2.32. The number of para-hydroxylation sites is 2. The van der Waals surface area contributed by atoms with Crippen molar-refractivity contribution in [2.24, 2.45) is 0 Å². The molecule has 0 atom stereocenters. The van der Waals surface area contributed by atoms with Crippen LogP contribution in [0.5, 0.6) is 0 Å². The number of nitrogens with zero attached hydrogens (tertiary/aromatic N) is 1. The zero-order valence-corrected chi connectivity index (χ0v) is 16.0. The Morgan fingerprint density at radius 3 is 2.04 bits per heavy atom. The number of fused-ring (bicyclic) bond motifs is 2. The first-order chi connectivity index (χ1) is 13.1. The van der Waals surface area contributed by atoms with E-state index in [1.165, 1.54) is 0 Å². The smallest absolute Gasteiger partial charge is 0.326 e. The Morgan fingerprint density at radius 1 is 0.852 bits per heavy atom. The number of halogens is 1. The molecule has 0 radical (unpaired) electrons. The predicted molar refractivity (Wildman–Crippen MR) is 110 cm³/mol. The number of carbonyl (C=O) groups is 1. The van der Waals surface area contributed by atoms with Gasteiger partial charge in [0.05, 0.1) is 11.0 Å². The lowest BCUT2D eigenvalue weighted by atomic mass is 10.1. The minimum Gasteiger partial charge on any atom is -0.459 e. The van der Waals surface area contributed by atoms with Gasteiger partial charge in [-0.25, -0.2) is 0 Å². The van der Waals surface area contributed by atoms with Crippen molar-refractivity contribution in [1.29, 1.82) is 0 Å². The number of benzene rings is 3. The molecule has 3 aromatic carbocycles. The zero-order chi connectivity index (χ0) is 18.8. The third kappa shape index (κ3) is 3.38. The lowest BCUT2D eigenvalue weighted by Crippen LogP contribution is -2.18. The van der Waals surface area contributed by atoms with Crippen LogP contribution in [0.2, 0.25) is 0 Å². The van der Waals surface area contributed by atoms with Crippen molar-refractivity contribution in [3.63, 3.8) is 0 Å². The molecule has 4 nitrogen and oxygen atoms in total. The Kier molecular flexibility index (Phi) is 4.77. The molecule has 0 unspecified atom stereocenters. The van der Waals surface area contributed by atoms with Crippen LogP contribution in [-0.2, 0) is 22.7 Å². The van der Waals surface area contributed by atoms with Crippen molar-refractivity contribution >= 4 is 43.7 Å². The van der Waals surface area contributed by atoms with Gasteiger partial charge in [-0.15, -0.1) is 0 Å². The first-order valence-electron chi connectivity index (χ1n) is 8.54. The van der Waals surface area contributed by atoms with Crippen molar-refractivity contribution in [2.45, 2.75) is 13.2 Å². The summed E-state index contributed by atoms with van der Waals surface area (Å²) in [6, 6.07) is 22.3. The number of esters is 1. The van der Waals surface area contributed by atoms with Gasteiger partial charge in [0, 0.05) is 20.8 Å². The molecule has 0 spiro atoms. The van der Waals surface area contributed by atoms with E-state index in [9.17, 15) is 9.59 Å². The lowest BCUT2D eigenvalue weighted by molar-refractivity contribution is -0.145. The number of ether oxygens (including phenoxy) is 1. The van der Waals surface area contributed by atoms with Gasteiger partial charge in [-0.1, -0.05) is 58.4 Å². The van der Waals surface area contributed by atoms with E-state index in [1.807, 2.05) is 65.2 Å². The minimum absolute atomic E-state index is 0.0287. The molecular weight excluding hydrogens is 406 g/mol. The molecule has 0 N–H and O–H groups in total. The van der Waals surface area contributed by atoms with E-state index in [4.69, 9.17) is 4.74 Å². The summed E-state index contributed by atoms with van der Waals surface area (Å²) in [6.07, 6.45) is 0. The molecule has 1 heterocycles. The molecule has 0 aliphatic rings. The molecule has 0 aliphatic carbocycles. The number of hydrogen-bond acceptors (Lipinski definition) is 3. The largest absolute Gasteiger partial charge is 0.459 e. The van der Waals surface area contributed by atoms with Crippen molar-refractivity contribution in [2.75, 3.05) is 0 Å². The second-order valence-corrected chi connectivity index (χ2v) is 7.06. The Balaban J connectivity index is 1.70. The molecule has 5 heteroatoms. The van der Waals surface area contributed by atoms with E-state index < -0.39 is 0 Å². The highest BCUT2D eigenvalue weighted by atomic mass is 79.9. The molecule has 0 fully saturated rings. The van der Waals surface area contributed by atoms with E-state index in [1.54, 1.807) is 12.1 Å². The Labute approximate surface area is 164 Å². The normalized spacial score (nSPS) is 11.0. The van der Waals surface area contributed by atoms with Crippen molar-refractivity contribution < 1.29 is 9.53 Å². The summed E-state index contributed by atoms with van der Waals surface area (Å²) in [7, 11) is 0. The standard InChI is InChI=1S/C22H16BrNO3/c23-18-10-4-1-7-15(18)14-27-21(25)13-24-19-11-5-2-8-16(19)22(26)17-9-3-6-12-20(17)24/h1-12H,13-14H2. The van der Waals surface area contributed by atoms with Crippen LogP contribution in [0.25, 0.3) is 21.8 Å². The van der Waals surface area contributed by atoms with Crippen LogP contribution in [-0.4, -0.2) is 10.5 Å². The highest BCUT2D eigenvalue weighted by Crippen LogP contribution is 2.20. The van der Waals surface area contributed by atoms with Gasteiger partial charge in [0.15, 0.2) is 5.43 Å². The minimum atomic E-state index is -0.357. The molecule has 134 valence electrons. The highest BCUT2D eigenvalue weighted by Gasteiger charge is 2.13. The van der Waals surface area contributed by atoms with Crippen LogP contribution in [0.1, 0.15) is 5.56 Å². The van der Waals surface area contributed by atoms with E-state index in [0.717, 1.165) is 21.1 Å². The van der Waals surface area contributed by atoms with Gasteiger partial charge in [-0.05, 0) is 30.3 Å². The Morgan fingerprint density at radius 2 is 1.41 bits per heavy atom. The first kappa shape index (κ1) is 17.5. The van der Waals surface area contributed by atoms with Crippen LogP contribution in [0.4, 0.5) is 0 Å². The van der Waals surface area contributed by atoms with Gasteiger partial charge < -0.3 is 9.30 Å². The molecule has 0 aliphatic heterocycles. The van der Waals surface area contributed by atoms with Crippen LogP contribution in [0, 0.1) is 0 Å². The third-order valence-electron chi connectivity index (χ3n) is 4.51. The summed E-state index contributed by atoms with van der Waals surface area (Å²) < 4.78 is 8.21. The Bertz CT molecular complexity index is 1150. The molecule has 4 aromatic rings. The van der Waals surface area contributed by atoms with Gasteiger partial charge in [0.1, 0.15) is 13.2 Å². The third-order valence-corrected chi connectivity index (χ3v) is 5.29. The van der Waals surface area contributed by atoms with Gasteiger partial charge in [0.25, 0.3) is 0 Å². The molecule has 0 amide bonds. The van der Waals surface area contributed by atoms with Gasteiger partial charge in [0.2, 0.25) is 0 Å². The van der Waals surface area contributed by atoms with Crippen LogP contribution < -0.4 is 5.43 Å². The van der Waals surface area contributed by atoms with Crippen LogP contribution >= 0.6 is 15.9 Å². The molecular formula is C22H16BrNO3. The SMILES string of the molecule is O=C(Cn1c2ccccc2c(=O)c2ccccc21)OCc1ccccc1Br. The maximum atomic E-state index is 12.7. The topological polar surface area (TPSA) is 48.3 Å². The van der Waals surface area contributed by atoms with Gasteiger partial charge in [-0.3, -0.25) is 9.59 Å². The summed E-state index contributed by atoms with van der Waals surface area (Å²) >= 11 is 3.46. The molecule has 27 heavy (non-hydrogen) atoms. The molecule has 1 aromatic heterocycles. The second kappa shape index (κ2) is 7.37. The molecule has 0 saturated heterocycles. The van der Waals surface area contributed by atoms with Crippen molar-refractivity contribution in [3.05, 3.63) is 93.1 Å².